The summed E-state index contributed by atoms with van der Waals surface area (Å²) in [6, 6.07) is 12.0. The van der Waals surface area contributed by atoms with Crippen LogP contribution in [-0.4, -0.2) is 19.1 Å². The van der Waals surface area contributed by atoms with Gasteiger partial charge in [-0.1, -0.05) is 6.92 Å². The molecular formula is C16H21N3O. The largest absolute Gasteiger partial charge is 0.497 e. The molecule has 0 bridgehead atoms. The van der Waals surface area contributed by atoms with Crippen molar-refractivity contribution in [2.75, 3.05) is 19.1 Å². The van der Waals surface area contributed by atoms with Gasteiger partial charge < -0.3 is 15.4 Å². The zero-order valence-electron chi connectivity index (χ0n) is 12.2. The van der Waals surface area contributed by atoms with Gasteiger partial charge in [-0.15, -0.1) is 0 Å². The quantitative estimate of drug-likeness (QED) is 0.906. The molecule has 0 aliphatic carbocycles. The van der Waals surface area contributed by atoms with Gasteiger partial charge in [-0.3, -0.25) is 4.98 Å². The van der Waals surface area contributed by atoms with E-state index in [2.05, 4.69) is 16.8 Å². The van der Waals surface area contributed by atoms with Crippen molar-refractivity contribution in [3.05, 3.63) is 48.3 Å². The predicted octanol–water partition coefficient (Wildman–Crippen LogP) is 3.27. The molecule has 0 saturated carbocycles. The van der Waals surface area contributed by atoms with Crippen molar-refractivity contribution in [2.45, 2.75) is 19.4 Å². The van der Waals surface area contributed by atoms with Crippen LogP contribution in [0.5, 0.6) is 5.75 Å². The normalized spacial score (nSPS) is 12.0. The third-order valence-electron chi connectivity index (χ3n) is 3.44. The Bertz CT molecular complexity index is 537. The van der Waals surface area contributed by atoms with Crippen LogP contribution in [0.4, 0.5) is 11.4 Å². The van der Waals surface area contributed by atoms with Crippen molar-refractivity contribution in [3.63, 3.8) is 0 Å². The fraction of sp³-hybridized carbons (Fsp3) is 0.312. The molecule has 20 heavy (non-hydrogen) atoms. The Hall–Kier alpha value is -2.07. The van der Waals surface area contributed by atoms with Crippen LogP contribution in [0.15, 0.2) is 42.6 Å². The van der Waals surface area contributed by atoms with Gasteiger partial charge in [0, 0.05) is 18.8 Å². The van der Waals surface area contributed by atoms with Crippen LogP contribution >= 0.6 is 0 Å². The molecule has 1 heterocycles. The molecule has 2 aromatic rings. The smallest absolute Gasteiger partial charge is 0.119 e. The van der Waals surface area contributed by atoms with E-state index in [0.29, 0.717) is 0 Å². The summed E-state index contributed by atoms with van der Waals surface area (Å²) in [6.45, 7) is 2.06. The Morgan fingerprint density at radius 2 is 1.80 bits per heavy atom. The number of anilines is 2. The fourth-order valence-electron chi connectivity index (χ4n) is 1.98. The van der Waals surface area contributed by atoms with E-state index < -0.39 is 0 Å². The Morgan fingerprint density at radius 1 is 1.15 bits per heavy atom. The summed E-state index contributed by atoms with van der Waals surface area (Å²) in [6.07, 6.45) is 2.75. The first-order valence-corrected chi connectivity index (χ1v) is 6.75. The highest BCUT2D eigenvalue weighted by Gasteiger charge is 2.08. The number of ether oxygens (including phenoxy) is 1. The molecule has 1 aromatic heterocycles. The fourth-order valence-corrected chi connectivity index (χ4v) is 1.98. The Morgan fingerprint density at radius 3 is 2.30 bits per heavy atom. The molecule has 0 saturated heterocycles. The lowest BCUT2D eigenvalue weighted by atomic mass is 10.1. The lowest BCUT2D eigenvalue weighted by Gasteiger charge is -2.20. The molecule has 2 N–H and O–H groups in total. The van der Waals surface area contributed by atoms with Gasteiger partial charge in [-0.05, 0) is 42.8 Å². The third-order valence-corrected chi connectivity index (χ3v) is 3.44. The average molecular weight is 271 g/mol. The average Bonchev–Trinajstić information content (AvgIpc) is 2.53. The van der Waals surface area contributed by atoms with E-state index in [1.807, 2.05) is 49.6 Å². The molecule has 2 rings (SSSR count). The molecule has 0 aliphatic heterocycles. The van der Waals surface area contributed by atoms with Crippen molar-refractivity contribution in [2.24, 2.45) is 5.73 Å². The highest BCUT2D eigenvalue weighted by Crippen LogP contribution is 2.25. The minimum absolute atomic E-state index is 0.00958. The Labute approximate surface area is 120 Å². The summed E-state index contributed by atoms with van der Waals surface area (Å²) >= 11 is 0. The van der Waals surface area contributed by atoms with E-state index in [1.165, 1.54) is 0 Å². The van der Waals surface area contributed by atoms with Gasteiger partial charge in [0.2, 0.25) is 0 Å². The lowest BCUT2D eigenvalue weighted by Crippen LogP contribution is -2.13. The maximum atomic E-state index is 5.97. The lowest BCUT2D eigenvalue weighted by molar-refractivity contribution is 0.415. The summed E-state index contributed by atoms with van der Waals surface area (Å²) in [5, 5.41) is 0. The summed E-state index contributed by atoms with van der Waals surface area (Å²) in [7, 11) is 3.68. The standard InChI is InChI=1S/C16H21N3O/c1-4-15(17)16-10-7-13(11-18-16)19(2)12-5-8-14(20-3)9-6-12/h5-11,15H,4,17H2,1-3H3. The van der Waals surface area contributed by atoms with Crippen molar-refractivity contribution >= 4 is 11.4 Å². The zero-order valence-corrected chi connectivity index (χ0v) is 12.2. The first-order chi connectivity index (χ1) is 9.65. The maximum Gasteiger partial charge on any atom is 0.119 e. The van der Waals surface area contributed by atoms with Crippen LogP contribution in [0, 0.1) is 0 Å². The van der Waals surface area contributed by atoms with Crippen LogP contribution < -0.4 is 15.4 Å². The van der Waals surface area contributed by atoms with Gasteiger partial charge in [0.15, 0.2) is 0 Å². The second-order valence-electron chi connectivity index (χ2n) is 4.71. The third kappa shape index (κ3) is 3.08. The molecule has 0 aliphatic rings. The molecule has 1 unspecified atom stereocenters. The number of pyridine rings is 1. The van der Waals surface area contributed by atoms with Gasteiger partial charge in [0.1, 0.15) is 5.75 Å². The number of nitrogens with two attached hydrogens (primary N) is 1. The Balaban J connectivity index is 2.17. The van der Waals surface area contributed by atoms with E-state index in [1.54, 1.807) is 7.11 Å². The van der Waals surface area contributed by atoms with Gasteiger partial charge >= 0.3 is 0 Å². The van der Waals surface area contributed by atoms with Crippen LogP contribution in [0.25, 0.3) is 0 Å². The van der Waals surface area contributed by atoms with Gasteiger partial charge in [-0.2, -0.15) is 0 Å². The maximum absolute atomic E-state index is 5.97. The number of benzene rings is 1. The van der Waals surface area contributed by atoms with Crippen molar-refractivity contribution in [1.82, 2.24) is 4.98 Å². The number of hydrogen-bond acceptors (Lipinski definition) is 4. The summed E-state index contributed by atoms with van der Waals surface area (Å²) in [5.74, 6) is 0.851. The molecule has 0 spiro atoms. The van der Waals surface area contributed by atoms with Crippen LogP contribution in [0.3, 0.4) is 0 Å². The molecule has 4 nitrogen and oxygen atoms in total. The SMILES string of the molecule is CCC(N)c1ccc(N(C)c2ccc(OC)cc2)cn1. The van der Waals surface area contributed by atoms with Crippen LogP contribution in [0.2, 0.25) is 0 Å². The van der Waals surface area contributed by atoms with Crippen LogP contribution in [0.1, 0.15) is 25.1 Å². The van der Waals surface area contributed by atoms with Crippen molar-refractivity contribution in [1.29, 1.82) is 0 Å². The predicted molar refractivity (Wildman–Crippen MR) is 82.5 cm³/mol. The number of hydrogen-bond donors (Lipinski definition) is 1. The highest BCUT2D eigenvalue weighted by atomic mass is 16.5. The van der Waals surface area contributed by atoms with Crippen molar-refractivity contribution < 1.29 is 4.74 Å². The van der Waals surface area contributed by atoms with E-state index in [9.17, 15) is 0 Å². The topological polar surface area (TPSA) is 51.4 Å². The minimum atomic E-state index is 0.00958. The molecule has 1 aromatic carbocycles. The molecular weight excluding hydrogens is 250 g/mol. The Kier molecular flexibility index (Phi) is 4.58. The monoisotopic (exact) mass is 271 g/mol. The zero-order chi connectivity index (χ0) is 14.5. The van der Waals surface area contributed by atoms with E-state index in [4.69, 9.17) is 10.5 Å². The van der Waals surface area contributed by atoms with Gasteiger partial charge in [0.25, 0.3) is 0 Å². The van der Waals surface area contributed by atoms with E-state index >= 15 is 0 Å². The molecule has 0 radical (unpaired) electrons. The summed E-state index contributed by atoms with van der Waals surface area (Å²) < 4.78 is 5.16. The van der Waals surface area contributed by atoms with Gasteiger partial charge in [0.05, 0.1) is 24.7 Å². The molecule has 4 heteroatoms. The second kappa shape index (κ2) is 6.39. The summed E-state index contributed by atoms with van der Waals surface area (Å²) in [5.41, 5.74) is 9.02. The highest BCUT2D eigenvalue weighted by molar-refractivity contribution is 5.62. The second-order valence-corrected chi connectivity index (χ2v) is 4.71. The minimum Gasteiger partial charge on any atom is -0.497 e. The summed E-state index contributed by atoms with van der Waals surface area (Å²) in [4.78, 5) is 6.52. The first-order valence-electron chi connectivity index (χ1n) is 6.75. The molecule has 0 fully saturated rings. The number of rotatable bonds is 5. The number of methoxy groups -OCH3 is 1. The first kappa shape index (κ1) is 14.3. The van der Waals surface area contributed by atoms with E-state index in [0.717, 1.165) is 29.2 Å². The van der Waals surface area contributed by atoms with Crippen LogP contribution in [-0.2, 0) is 0 Å². The van der Waals surface area contributed by atoms with Gasteiger partial charge in [-0.25, -0.2) is 0 Å². The molecule has 106 valence electrons. The molecule has 0 amide bonds. The number of nitrogens with zero attached hydrogens (tertiary/aromatic N) is 2. The molecule has 1 atom stereocenters. The van der Waals surface area contributed by atoms with E-state index in [-0.39, 0.29) is 6.04 Å². The van der Waals surface area contributed by atoms with Crippen molar-refractivity contribution in [3.8, 4) is 5.75 Å². The number of aromatic nitrogens is 1.